The summed E-state index contributed by atoms with van der Waals surface area (Å²) in [5.41, 5.74) is 2.01. The van der Waals surface area contributed by atoms with Gasteiger partial charge in [-0.1, -0.05) is 29.8 Å². The molecule has 0 unspecified atom stereocenters. The minimum Gasteiger partial charge on any atom is -0.351 e. The minimum atomic E-state index is -3.31. The Morgan fingerprint density at radius 3 is 2.46 bits per heavy atom. The highest BCUT2D eigenvalue weighted by Crippen LogP contribution is 2.20. The molecule has 2 N–H and O–H groups in total. The number of rotatable bonds is 9. The lowest BCUT2D eigenvalue weighted by Crippen LogP contribution is -2.25. The molecule has 0 aliphatic carbocycles. The highest BCUT2D eigenvalue weighted by Gasteiger charge is 2.08. The highest BCUT2D eigenvalue weighted by atomic mass is 35.5. The van der Waals surface area contributed by atoms with Crippen LogP contribution in [0.25, 0.3) is 0 Å². The molecule has 2 aromatic carbocycles. The molecule has 0 aromatic heterocycles. The lowest BCUT2D eigenvalue weighted by Gasteiger charge is -2.08. The molecule has 0 radical (unpaired) electrons. The number of nitrogens with one attached hydrogen (secondary N) is 2. The summed E-state index contributed by atoms with van der Waals surface area (Å²) in [4.78, 5) is 12.1. The van der Waals surface area contributed by atoms with Gasteiger partial charge in [-0.15, -0.1) is 0 Å². The van der Waals surface area contributed by atoms with Crippen molar-refractivity contribution in [2.24, 2.45) is 0 Å². The Labute approximate surface area is 163 Å². The minimum absolute atomic E-state index is 0.00109. The van der Waals surface area contributed by atoms with Crippen molar-refractivity contribution in [2.75, 3.05) is 22.8 Å². The number of hydrogen-bond donors (Lipinski definition) is 2. The van der Waals surface area contributed by atoms with E-state index in [1.54, 1.807) is 43.0 Å². The van der Waals surface area contributed by atoms with Crippen LogP contribution in [-0.2, 0) is 15.8 Å². The molecule has 0 heterocycles. The molecule has 0 aliphatic rings. The van der Waals surface area contributed by atoms with E-state index in [0.717, 1.165) is 22.1 Å². The third-order valence-corrected chi connectivity index (χ3v) is 6.23. The smallest absolute Gasteiger partial charge is 0.251 e. The molecule has 2 rings (SSSR count). The number of amides is 1. The Morgan fingerprint density at radius 1 is 1.12 bits per heavy atom. The van der Waals surface area contributed by atoms with E-state index in [4.69, 9.17) is 11.6 Å². The molecule has 0 saturated heterocycles. The van der Waals surface area contributed by atoms with Crippen molar-refractivity contribution >= 4 is 45.0 Å². The Morgan fingerprint density at radius 2 is 1.81 bits per heavy atom. The summed E-state index contributed by atoms with van der Waals surface area (Å²) in [6.45, 7) is 2.10. The van der Waals surface area contributed by atoms with Gasteiger partial charge < -0.3 is 5.32 Å². The van der Waals surface area contributed by atoms with E-state index in [1.165, 1.54) is 0 Å². The van der Waals surface area contributed by atoms with Gasteiger partial charge in [0.1, 0.15) is 0 Å². The second-order valence-electron chi connectivity index (χ2n) is 5.48. The number of carbonyl (C=O) groups excluding carboxylic acids is 1. The maximum atomic E-state index is 12.1. The molecule has 0 atom stereocenters. The fourth-order valence-electron chi connectivity index (χ4n) is 2.08. The van der Waals surface area contributed by atoms with Crippen molar-refractivity contribution in [3.63, 3.8) is 0 Å². The monoisotopic (exact) mass is 412 g/mol. The van der Waals surface area contributed by atoms with Gasteiger partial charge in [-0.2, -0.15) is 11.8 Å². The number of hydrogen-bond acceptors (Lipinski definition) is 4. The van der Waals surface area contributed by atoms with Gasteiger partial charge in [0, 0.05) is 34.3 Å². The number of benzene rings is 2. The van der Waals surface area contributed by atoms with E-state index in [2.05, 4.69) is 10.0 Å². The molecule has 5 nitrogen and oxygen atoms in total. The molecule has 26 heavy (non-hydrogen) atoms. The summed E-state index contributed by atoms with van der Waals surface area (Å²) < 4.78 is 25.5. The van der Waals surface area contributed by atoms with E-state index in [0.29, 0.717) is 17.8 Å². The van der Waals surface area contributed by atoms with Crippen LogP contribution in [0.2, 0.25) is 5.02 Å². The Kier molecular flexibility index (Phi) is 7.81. The van der Waals surface area contributed by atoms with Gasteiger partial charge in [0.25, 0.3) is 5.91 Å². The van der Waals surface area contributed by atoms with Crippen LogP contribution in [0, 0.1) is 0 Å². The number of anilines is 1. The van der Waals surface area contributed by atoms with Crippen molar-refractivity contribution in [1.82, 2.24) is 5.32 Å². The van der Waals surface area contributed by atoms with Gasteiger partial charge in [-0.3, -0.25) is 9.52 Å². The van der Waals surface area contributed by atoms with Crippen molar-refractivity contribution < 1.29 is 13.2 Å². The Balaban J connectivity index is 1.75. The van der Waals surface area contributed by atoms with Crippen LogP contribution in [-0.4, -0.2) is 32.4 Å². The topological polar surface area (TPSA) is 75.3 Å². The predicted molar refractivity (Wildman–Crippen MR) is 109 cm³/mol. The highest BCUT2D eigenvalue weighted by molar-refractivity contribution is 7.98. The van der Waals surface area contributed by atoms with Gasteiger partial charge in [0.05, 0.1) is 5.75 Å². The number of halogens is 1. The molecule has 0 saturated carbocycles. The molecule has 0 bridgehead atoms. The maximum absolute atomic E-state index is 12.1. The summed E-state index contributed by atoms with van der Waals surface area (Å²) in [6, 6.07) is 14.1. The standard InChI is InChI=1S/C18H21ClN2O3S2/c1-2-26(23,24)21-16-9-7-14(8-10-16)18(22)20-11-12-25-13-15-5-3-4-6-17(15)19/h3-10,21H,2,11-13H2,1H3,(H,20,22). The molecular weight excluding hydrogens is 392 g/mol. The normalized spacial score (nSPS) is 11.2. The average molecular weight is 413 g/mol. The van der Waals surface area contributed by atoms with Crippen LogP contribution in [0.4, 0.5) is 5.69 Å². The number of carbonyl (C=O) groups is 1. The van der Waals surface area contributed by atoms with Crippen molar-refractivity contribution in [3.05, 3.63) is 64.7 Å². The zero-order chi connectivity index (χ0) is 19.0. The van der Waals surface area contributed by atoms with E-state index in [9.17, 15) is 13.2 Å². The van der Waals surface area contributed by atoms with Gasteiger partial charge >= 0.3 is 0 Å². The summed E-state index contributed by atoms with van der Waals surface area (Å²) in [7, 11) is -3.31. The van der Waals surface area contributed by atoms with Crippen LogP contribution in [0.5, 0.6) is 0 Å². The second kappa shape index (κ2) is 9.85. The predicted octanol–water partition coefficient (Wildman–Crippen LogP) is 3.76. The summed E-state index contributed by atoms with van der Waals surface area (Å²) >= 11 is 7.80. The molecule has 0 spiro atoms. The largest absolute Gasteiger partial charge is 0.351 e. The van der Waals surface area contributed by atoms with Crippen LogP contribution < -0.4 is 10.0 Å². The average Bonchev–Trinajstić information content (AvgIpc) is 2.63. The van der Waals surface area contributed by atoms with Crippen molar-refractivity contribution in [1.29, 1.82) is 0 Å². The first-order valence-corrected chi connectivity index (χ1v) is 11.3. The van der Waals surface area contributed by atoms with Crippen LogP contribution in [0.1, 0.15) is 22.8 Å². The summed E-state index contributed by atoms with van der Waals surface area (Å²) in [5.74, 6) is 1.38. The van der Waals surface area contributed by atoms with Gasteiger partial charge in [-0.25, -0.2) is 8.42 Å². The van der Waals surface area contributed by atoms with Crippen molar-refractivity contribution in [2.45, 2.75) is 12.7 Å². The Bertz CT molecular complexity index is 840. The third-order valence-electron chi connectivity index (χ3n) is 3.55. The fourth-order valence-corrected chi connectivity index (χ4v) is 3.86. The van der Waals surface area contributed by atoms with E-state index < -0.39 is 10.0 Å². The first-order valence-electron chi connectivity index (χ1n) is 8.11. The number of sulfonamides is 1. The van der Waals surface area contributed by atoms with Gasteiger partial charge in [0.2, 0.25) is 10.0 Å². The van der Waals surface area contributed by atoms with Gasteiger partial charge in [-0.05, 0) is 42.8 Å². The summed E-state index contributed by atoms with van der Waals surface area (Å²) in [6.07, 6.45) is 0. The summed E-state index contributed by atoms with van der Waals surface area (Å²) in [5, 5.41) is 3.60. The third kappa shape index (κ3) is 6.55. The first kappa shape index (κ1) is 20.6. The Hall–Kier alpha value is -1.70. The molecule has 0 aliphatic heterocycles. The lowest BCUT2D eigenvalue weighted by atomic mass is 10.2. The zero-order valence-corrected chi connectivity index (χ0v) is 16.8. The molecule has 0 fully saturated rings. The zero-order valence-electron chi connectivity index (χ0n) is 14.4. The quantitative estimate of drug-likeness (QED) is 0.615. The van der Waals surface area contributed by atoms with Crippen molar-refractivity contribution in [3.8, 4) is 0 Å². The van der Waals surface area contributed by atoms with Crippen LogP contribution in [0.3, 0.4) is 0 Å². The van der Waals surface area contributed by atoms with Crippen LogP contribution >= 0.6 is 23.4 Å². The molecular formula is C18H21ClN2O3S2. The lowest BCUT2D eigenvalue weighted by molar-refractivity contribution is 0.0956. The SMILES string of the molecule is CCS(=O)(=O)Nc1ccc(C(=O)NCCSCc2ccccc2Cl)cc1. The van der Waals surface area contributed by atoms with Gasteiger partial charge in [0.15, 0.2) is 0 Å². The number of thioether (sulfide) groups is 1. The second-order valence-corrected chi connectivity index (χ2v) is 9.01. The van der Waals surface area contributed by atoms with E-state index in [1.807, 2.05) is 24.3 Å². The van der Waals surface area contributed by atoms with E-state index >= 15 is 0 Å². The maximum Gasteiger partial charge on any atom is 0.251 e. The molecule has 2 aromatic rings. The molecule has 8 heteroatoms. The van der Waals surface area contributed by atoms with Crippen LogP contribution in [0.15, 0.2) is 48.5 Å². The fraction of sp³-hybridized carbons (Fsp3) is 0.278. The van der Waals surface area contributed by atoms with E-state index in [-0.39, 0.29) is 11.7 Å². The molecule has 1 amide bonds. The first-order chi connectivity index (χ1) is 12.4. The molecule has 140 valence electrons.